The molecule has 7 heteroatoms. The van der Waals surface area contributed by atoms with E-state index in [4.69, 9.17) is 0 Å². The Bertz CT molecular complexity index is 895. The van der Waals surface area contributed by atoms with Gasteiger partial charge in [0.05, 0.1) is 12.2 Å². The highest BCUT2D eigenvalue weighted by atomic mass is 79.9. The molecule has 6 nitrogen and oxygen atoms in total. The van der Waals surface area contributed by atoms with Gasteiger partial charge in [0, 0.05) is 10.0 Å². The van der Waals surface area contributed by atoms with E-state index in [-0.39, 0.29) is 17.9 Å². The van der Waals surface area contributed by atoms with Gasteiger partial charge in [-0.2, -0.15) is 4.68 Å². The molecule has 0 atom stereocenters. The summed E-state index contributed by atoms with van der Waals surface area (Å²) in [6.45, 7) is 6.67. The van der Waals surface area contributed by atoms with Crippen molar-refractivity contribution in [3.8, 4) is 5.69 Å². The Hall–Kier alpha value is -2.54. The molecule has 0 aliphatic rings. The third kappa shape index (κ3) is 4.16. The second kappa shape index (κ2) is 7.37. The average Bonchev–Trinajstić information content (AvgIpc) is 3.08. The van der Waals surface area contributed by atoms with Gasteiger partial charge in [-0.15, -0.1) is 5.10 Å². The summed E-state index contributed by atoms with van der Waals surface area (Å²) in [5.74, 6) is 0.405. The minimum Gasteiger partial charge on any atom is -0.345 e. The van der Waals surface area contributed by atoms with Crippen molar-refractivity contribution in [2.45, 2.75) is 32.7 Å². The summed E-state index contributed by atoms with van der Waals surface area (Å²) >= 11 is 3.40. The fourth-order valence-electron chi connectivity index (χ4n) is 2.48. The van der Waals surface area contributed by atoms with Gasteiger partial charge in [-0.3, -0.25) is 4.79 Å². The van der Waals surface area contributed by atoms with Gasteiger partial charge in [0.15, 0.2) is 5.82 Å². The first-order chi connectivity index (χ1) is 12.3. The minimum absolute atomic E-state index is 0.0573. The summed E-state index contributed by atoms with van der Waals surface area (Å²) in [5.41, 5.74) is 2.69. The molecule has 0 radical (unpaired) electrons. The van der Waals surface area contributed by atoms with Crippen LogP contribution in [0.3, 0.4) is 0 Å². The van der Waals surface area contributed by atoms with E-state index in [9.17, 15) is 4.79 Å². The number of tetrazole rings is 1. The number of benzene rings is 2. The Morgan fingerprint density at radius 2 is 1.73 bits per heavy atom. The van der Waals surface area contributed by atoms with E-state index in [0.717, 1.165) is 10.2 Å². The Morgan fingerprint density at radius 3 is 2.35 bits per heavy atom. The summed E-state index contributed by atoms with van der Waals surface area (Å²) in [4.78, 5) is 12.4. The van der Waals surface area contributed by atoms with Crippen LogP contribution in [0.5, 0.6) is 0 Å². The van der Waals surface area contributed by atoms with Crippen LogP contribution in [-0.4, -0.2) is 26.1 Å². The van der Waals surface area contributed by atoms with E-state index >= 15 is 0 Å². The first-order valence-electron chi connectivity index (χ1n) is 8.26. The number of amides is 1. The van der Waals surface area contributed by atoms with Crippen molar-refractivity contribution in [2.24, 2.45) is 0 Å². The SMILES string of the molecule is CC(C)(C)c1ccc(C(=O)NCc2nnnn2-c2ccc(Br)cc2)cc1. The number of carbonyl (C=O) groups excluding carboxylic acids is 1. The first-order valence-corrected chi connectivity index (χ1v) is 9.06. The number of hydrogen-bond acceptors (Lipinski definition) is 4. The summed E-state index contributed by atoms with van der Waals surface area (Å²) in [6.07, 6.45) is 0. The van der Waals surface area contributed by atoms with Crippen LogP contribution < -0.4 is 5.32 Å². The van der Waals surface area contributed by atoms with Crippen molar-refractivity contribution in [3.63, 3.8) is 0 Å². The maximum atomic E-state index is 12.4. The van der Waals surface area contributed by atoms with Crippen LogP contribution >= 0.6 is 15.9 Å². The number of rotatable bonds is 4. The smallest absolute Gasteiger partial charge is 0.251 e. The fourth-order valence-corrected chi connectivity index (χ4v) is 2.75. The molecule has 134 valence electrons. The van der Waals surface area contributed by atoms with Crippen LogP contribution in [0.25, 0.3) is 5.69 Å². The third-order valence-electron chi connectivity index (χ3n) is 4.03. The van der Waals surface area contributed by atoms with Crippen LogP contribution in [0.15, 0.2) is 53.0 Å². The summed E-state index contributed by atoms with van der Waals surface area (Å²) in [6, 6.07) is 15.3. The molecule has 1 aromatic heterocycles. The third-order valence-corrected chi connectivity index (χ3v) is 4.55. The highest BCUT2D eigenvalue weighted by Crippen LogP contribution is 2.22. The van der Waals surface area contributed by atoms with Gasteiger partial charge in [-0.1, -0.05) is 48.8 Å². The van der Waals surface area contributed by atoms with Crippen molar-refractivity contribution in [1.29, 1.82) is 0 Å². The molecule has 3 aromatic rings. The highest BCUT2D eigenvalue weighted by molar-refractivity contribution is 9.10. The van der Waals surface area contributed by atoms with E-state index in [2.05, 4.69) is 57.5 Å². The molecule has 2 aromatic carbocycles. The van der Waals surface area contributed by atoms with Crippen molar-refractivity contribution < 1.29 is 4.79 Å². The second-order valence-electron chi connectivity index (χ2n) is 6.99. The van der Waals surface area contributed by atoms with Crippen LogP contribution in [-0.2, 0) is 12.0 Å². The average molecular weight is 414 g/mol. The van der Waals surface area contributed by atoms with E-state index in [1.54, 1.807) is 4.68 Å². The van der Waals surface area contributed by atoms with E-state index in [1.807, 2.05) is 48.5 Å². The standard InChI is InChI=1S/C19H20BrN5O/c1-19(2,3)14-6-4-13(5-7-14)18(26)21-12-17-22-23-24-25(17)16-10-8-15(20)9-11-16/h4-11H,12H2,1-3H3,(H,21,26). The van der Waals surface area contributed by atoms with Crippen molar-refractivity contribution in [2.75, 3.05) is 0 Å². The summed E-state index contributed by atoms with van der Waals surface area (Å²) in [5, 5.41) is 14.6. The lowest BCUT2D eigenvalue weighted by Gasteiger charge is -2.19. The van der Waals surface area contributed by atoms with E-state index < -0.39 is 0 Å². The van der Waals surface area contributed by atoms with Crippen molar-refractivity contribution in [3.05, 3.63) is 70.0 Å². The van der Waals surface area contributed by atoms with Crippen LogP contribution in [0.4, 0.5) is 0 Å². The molecule has 0 fully saturated rings. The van der Waals surface area contributed by atoms with Gasteiger partial charge in [0.2, 0.25) is 0 Å². The quantitative estimate of drug-likeness (QED) is 0.708. The first kappa shape index (κ1) is 18.3. The Balaban J connectivity index is 1.69. The van der Waals surface area contributed by atoms with E-state index in [0.29, 0.717) is 11.4 Å². The molecule has 0 aliphatic carbocycles. The normalized spacial score (nSPS) is 11.4. The number of nitrogens with one attached hydrogen (secondary N) is 1. The van der Waals surface area contributed by atoms with Crippen LogP contribution in [0.1, 0.15) is 42.5 Å². The van der Waals surface area contributed by atoms with Gasteiger partial charge in [-0.05, 0) is 57.8 Å². The number of halogens is 1. The zero-order valence-corrected chi connectivity index (χ0v) is 16.5. The number of nitrogens with zero attached hydrogens (tertiary/aromatic N) is 4. The van der Waals surface area contributed by atoms with Gasteiger partial charge in [0.25, 0.3) is 5.91 Å². The molecule has 26 heavy (non-hydrogen) atoms. The highest BCUT2D eigenvalue weighted by Gasteiger charge is 2.15. The molecule has 0 spiro atoms. The maximum Gasteiger partial charge on any atom is 0.251 e. The van der Waals surface area contributed by atoms with Gasteiger partial charge >= 0.3 is 0 Å². The fraction of sp³-hybridized carbons (Fsp3) is 0.263. The lowest BCUT2D eigenvalue weighted by atomic mass is 9.87. The Kier molecular flexibility index (Phi) is 5.18. The number of carbonyl (C=O) groups is 1. The molecule has 0 bridgehead atoms. The predicted molar refractivity (Wildman–Crippen MR) is 103 cm³/mol. The number of aromatic nitrogens is 4. The topological polar surface area (TPSA) is 72.7 Å². The van der Waals surface area contributed by atoms with Crippen molar-refractivity contribution in [1.82, 2.24) is 25.5 Å². The monoisotopic (exact) mass is 413 g/mol. The molecular formula is C19H20BrN5O. The molecule has 1 heterocycles. The Morgan fingerprint density at radius 1 is 1.08 bits per heavy atom. The summed E-state index contributed by atoms with van der Waals surface area (Å²) < 4.78 is 2.58. The number of hydrogen-bond donors (Lipinski definition) is 1. The van der Waals surface area contributed by atoms with Crippen LogP contribution in [0.2, 0.25) is 0 Å². The Labute approximate surface area is 160 Å². The van der Waals surface area contributed by atoms with Gasteiger partial charge < -0.3 is 5.32 Å². The molecule has 3 rings (SSSR count). The molecule has 0 aliphatic heterocycles. The largest absolute Gasteiger partial charge is 0.345 e. The van der Waals surface area contributed by atoms with E-state index in [1.165, 1.54) is 5.56 Å². The zero-order valence-electron chi connectivity index (χ0n) is 14.9. The predicted octanol–water partition coefficient (Wildman–Crippen LogP) is 3.65. The lowest BCUT2D eigenvalue weighted by Crippen LogP contribution is -2.25. The lowest BCUT2D eigenvalue weighted by molar-refractivity contribution is 0.0949. The van der Waals surface area contributed by atoms with Gasteiger partial charge in [-0.25, -0.2) is 0 Å². The molecule has 1 N–H and O–H groups in total. The molecule has 0 saturated carbocycles. The second-order valence-corrected chi connectivity index (χ2v) is 7.91. The van der Waals surface area contributed by atoms with Crippen molar-refractivity contribution >= 4 is 21.8 Å². The molecular weight excluding hydrogens is 394 g/mol. The molecule has 0 unspecified atom stereocenters. The minimum atomic E-state index is -0.157. The van der Waals surface area contributed by atoms with Crippen LogP contribution in [0, 0.1) is 0 Å². The zero-order chi connectivity index (χ0) is 18.7. The van der Waals surface area contributed by atoms with Gasteiger partial charge in [0.1, 0.15) is 0 Å². The molecule has 0 saturated heterocycles. The summed E-state index contributed by atoms with van der Waals surface area (Å²) in [7, 11) is 0. The maximum absolute atomic E-state index is 12.4. The molecule has 1 amide bonds.